The van der Waals surface area contributed by atoms with Gasteiger partial charge in [-0.15, -0.1) is 0 Å². The second kappa shape index (κ2) is 5.88. The van der Waals surface area contributed by atoms with Crippen molar-refractivity contribution in [1.29, 1.82) is 0 Å². The molecule has 0 N–H and O–H groups in total. The third kappa shape index (κ3) is 2.87. The van der Waals surface area contributed by atoms with Crippen LogP contribution >= 0.6 is 0 Å². The van der Waals surface area contributed by atoms with Gasteiger partial charge in [-0.25, -0.2) is 0 Å². The molecule has 0 bridgehead atoms. The Morgan fingerprint density at radius 1 is 1.27 bits per heavy atom. The summed E-state index contributed by atoms with van der Waals surface area (Å²) in [4.78, 5) is 18.2. The van der Waals surface area contributed by atoms with E-state index in [2.05, 4.69) is 15.0 Å². The van der Waals surface area contributed by atoms with Crippen molar-refractivity contribution in [3.63, 3.8) is 0 Å². The molecule has 2 atom stereocenters. The topological polar surface area (TPSA) is 60.2 Å². The number of hydrogen-bond donors (Lipinski definition) is 0. The van der Waals surface area contributed by atoms with Crippen LogP contribution < -0.4 is 4.90 Å². The van der Waals surface area contributed by atoms with Crippen LogP contribution in [0.15, 0.2) is 24.7 Å². The van der Waals surface area contributed by atoms with Crippen LogP contribution in [-0.2, 0) is 11.8 Å². The second-order valence-electron chi connectivity index (χ2n) is 5.81. The molecule has 6 heteroatoms. The Labute approximate surface area is 129 Å². The van der Waals surface area contributed by atoms with Crippen LogP contribution in [0.5, 0.6) is 0 Å². The molecular formula is C16H20N4O2. The Kier molecular flexibility index (Phi) is 3.94. The molecule has 3 rings (SSSR count). The van der Waals surface area contributed by atoms with Gasteiger partial charge < -0.3 is 9.64 Å². The molecule has 2 aromatic heterocycles. The lowest BCUT2D eigenvalue weighted by Crippen LogP contribution is -2.45. The van der Waals surface area contributed by atoms with Crippen LogP contribution in [0.3, 0.4) is 0 Å². The summed E-state index contributed by atoms with van der Waals surface area (Å²) in [6.07, 6.45) is 6.58. The van der Waals surface area contributed by atoms with Crippen LogP contribution in [0.4, 0.5) is 5.69 Å². The maximum absolute atomic E-state index is 11.5. The van der Waals surface area contributed by atoms with Crippen LogP contribution in [-0.4, -0.2) is 46.3 Å². The van der Waals surface area contributed by atoms with E-state index in [1.54, 1.807) is 17.1 Å². The first kappa shape index (κ1) is 14.7. The van der Waals surface area contributed by atoms with Gasteiger partial charge in [0.2, 0.25) is 0 Å². The summed E-state index contributed by atoms with van der Waals surface area (Å²) in [7, 11) is 1.86. The van der Waals surface area contributed by atoms with E-state index in [9.17, 15) is 4.79 Å². The highest BCUT2D eigenvalue weighted by molar-refractivity contribution is 5.86. The highest BCUT2D eigenvalue weighted by atomic mass is 16.5. The van der Waals surface area contributed by atoms with Gasteiger partial charge in [0.05, 0.1) is 36.0 Å². The summed E-state index contributed by atoms with van der Waals surface area (Å²) in [5.41, 5.74) is 3.17. The van der Waals surface area contributed by atoms with Crippen molar-refractivity contribution in [2.75, 3.05) is 18.0 Å². The molecule has 6 nitrogen and oxygen atoms in total. The van der Waals surface area contributed by atoms with Crippen LogP contribution in [0.2, 0.25) is 0 Å². The van der Waals surface area contributed by atoms with Crippen LogP contribution in [0.25, 0.3) is 11.3 Å². The van der Waals surface area contributed by atoms with Crippen molar-refractivity contribution < 1.29 is 9.53 Å². The number of hydrogen-bond acceptors (Lipinski definition) is 5. The van der Waals surface area contributed by atoms with Crippen molar-refractivity contribution in [2.45, 2.75) is 26.1 Å². The summed E-state index contributed by atoms with van der Waals surface area (Å²) in [5.74, 6) is 0. The van der Waals surface area contributed by atoms with E-state index < -0.39 is 0 Å². The fraction of sp³-hybridized carbons (Fsp3) is 0.438. The molecule has 1 aliphatic heterocycles. The lowest BCUT2D eigenvalue weighted by Gasteiger charge is -2.37. The number of carbonyl (C=O) groups is 1. The highest BCUT2D eigenvalue weighted by Crippen LogP contribution is 2.26. The van der Waals surface area contributed by atoms with Gasteiger partial charge in [0, 0.05) is 37.5 Å². The highest BCUT2D eigenvalue weighted by Gasteiger charge is 2.24. The number of aromatic nitrogens is 3. The fourth-order valence-corrected chi connectivity index (χ4v) is 2.91. The van der Waals surface area contributed by atoms with Gasteiger partial charge >= 0.3 is 0 Å². The first-order valence-corrected chi connectivity index (χ1v) is 7.41. The Morgan fingerprint density at radius 2 is 2.00 bits per heavy atom. The quantitative estimate of drug-likeness (QED) is 0.810. The molecule has 1 aliphatic rings. The summed E-state index contributed by atoms with van der Waals surface area (Å²) in [5, 5.41) is 4.14. The molecule has 0 saturated carbocycles. The summed E-state index contributed by atoms with van der Waals surface area (Å²) < 4.78 is 7.46. The number of nitrogens with zero attached hydrogens (tertiary/aromatic N) is 4. The molecule has 3 heterocycles. The lowest BCUT2D eigenvalue weighted by atomic mass is 10.1. The SMILES string of the molecule is CC1CN(c2cnc(-c3cnn(C)c3)cc2C=O)CC(C)O1. The standard InChI is InChI=1S/C16H20N4O2/c1-11-7-20(8-12(2)22-11)16-6-17-15(4-13(16)10-21)14-5-18-19(3)9-14/h4-6,9-12H,7-8H2,1-3H3. The Morgan fingerprint density at radius 3 is 2.59 bits per heavy atom. The molecule has 0 spiro atoms. The average Bonchev–Trinajstić information content (AvgIpc) is 2.92. The van der Waals surface area contributed by atoms with Gasteiger partial charge in [-0.3, -0.25) is 14.5 Å². The van der Waals surface area contributed by atoms with E-state index in [4.69, 9.17) is 4.74 Å². The van der Waals surface area contributed by atoms with Gasteiger partial charge in [-0.2, -0.15) is 5.10 Å². The minimum atomic E-state index is 0.140. The maximum atomic E-state index is 11.5. The van der Waals surface area contributed by atoms with Crippen molar-refractivity contribution in [2.24, 2.45) is 7.05 Å². The van der Waals surface area contributed by atoms with E-state index in [1.165, 1.54) is 0 Å². The zero-order chi connectivity index (χ0) is 15.7. The number of carbonyl (C=O) groups excluding carboxylic acids is 1. The molecule has 0 radical (unpaired) electrons. The van der Waals surface area contributed by atoms with E-state index in [0.29, 0.717) is 5.56 Å². The first-order chi connectivity index (χ1) is 10.6. The molecule has 2 unspecified atom stereocenters. The maximum Gasteiger partial charge on any atom is 0.152 e. The summed E-state index contributed by atoms with van der Waals surface area (Å²) in [6.45, 7) is 5.61. The van der Waals surface area contributed by atoms with Gasteiger partial charge in [0.15, 0.2) is 6.29 Å². The number of rotatable bonds is 3. The number of anilines is 1. The summed E-state index contributed by atoms with van der Waals surface area (Å²) >= 11 is 0. The molecule has 22 heavy (non-hydrogen) atoms. The first-order valence-electron chi connectivity index (χ1n) is 7.41. The third-order valence-corrected chi connectivity index (χ3v) is 3.80. The molecule has 1 saturated heterocycles. The predicted octanol–water partition coefficient (Wildman–Crippen LogP) is 1.91. The zero-order valence-corrected chi connectivity index (χ0v) is 13.1. The van der Waals surface area contributed by atoms with Gasteiger partial charge in [0.25, 0.3) is 0 Å². The molecule has 116 valence electrons. The van der Waals surface area contributed by atoms with E-state index >= 15 is 0 Å². The number of ether oxygens (including phenoxy) is 1. The minimum Gasteiger partial charge on any atom is -0.372 e. The van der Waals surface area contributed by atoms with Gasteiger partial charge in [-0.05, 0) is 19.9 Å². The van der Waals surface area contributed by atoms with Crippen LogP contribution in [0.1, 0.15) is 24.2 Å². The van der Waals surface area contributed by atoms with Gasteiger partial charge in [0.1, 0.15) is 0 Å². The molecule has 0 amide bonds. The summed E-state index contributed by atoms with van der Waals surface area (Å²) in [6, 6.07) is 1.82. The smallest absolute Gasteiger partial charge is 0.152 e. The molecular weight excluding hydrogens is 280 g/mol. The molecule has 1 fully saturated rings. The van der Waals surface area contributed by atoms with Crippen molar-refractivity contribution in [1.82, 2.24) is 14.8 Å². The Balaban J connectivity index is 1.94. The zero-order valence-electron chi connectivity index (χ0n) is 13.1. The average molecular weight is 300 g/mol. The normalized spacial score (nSPS) is 21.9. The van der Waals surface area contributed by atoms with Gasteiger partial charge in [-0.1, -0.05) is 0 Å². The van der Waals surface area contributed by atoms with Crippen molar-refractivity contribution >= 4 is 12.0 Å². The van der Waals surface area contributed by atoms with E-state index in [-0.39, 0.29) is 12.2 Å². The molecule has 0 aromatic carbocycles. The Bertz CT molecular complexity index is 673. The minimum absolute atomic E-state index is 0.140. The monoisotopic (exact) mass is 300 g/mol. The molecule has 0 aliphatic carbocycles. The van der Waals surface area contributed by atoms with E-state index in [0.717, 1.165) is 36.3 Å². The number of aryl methyl sites for hydroxylation is 1. The largest absolute Gasteiger partial charge is 0.372 e. The molecule has 2 aromatic rings. The fourth-order valence-electron chi connectivity index (χ4n) is 2.91. The number of aldehydes is 1. The predicted molar refractivity (Wildman–Crippen MR) is 84.0 cm³/mol. The third-order valence-electron chi connectivity index (χ3n) is 3.80. The van der Waals surface area contributed by atoms with Crippen molar-refractivity contribution in [3.05, 3.63) is 30.2 Å². The Hall–Kier alpha value is -2.21. The number of pyridine rings is 1. The second-order valence-corrected chi connectivity index (χ2v) is 5.81. The van der Waals surface area contributed by atoms with Crippen LogP contribution in [0, 0.1) is 0 Å². The van der Waals surface area contributed by atoms with E-state index in [1.807, 2.05) is 33.2 Å². The van der Waals surface area contributed by atoms with Crippen molar-refractivity contribution in [3.8, 4) is 11.3 Å². The lowest BCUT2D eigenvalue weighted by molar-refractivity contribution is -0.00527. The number of morpholine rings is 1.